The van der Waals surface area contributed by atoms with Gasteiger partial charge < -0.3 is 40.0 Å². The van der Waals surface area contributed by atoms with E-state index in [9.17, 15) is 19.2 Å². The van der Waals surface area contributed by atoms with Crippen LogP contribution in [0, 0.1) is 18.9 Å². The van der Waals surface area contributed by atoms with Gasteiger partial charge in [-0.3, -0.25) is 9.59 Å². The molecule has 1 fully saturated rings. The fourth-order valence-electron chi connectivity index (χ4n) is 9.80. The Labute approximate surface area is 474 Å². The van der Waals surface area contributed by atoms with Crippen molar-refractivity contribution in [2.75, 3.05) is 25.6 Å². The van der Waals surface area contributed by atoms with E-state index >= 15 is 0 Å². The van der Waals surface area contributed by atoms with Crippen molar-refractivity contribution in [3.63, 3.8) is 0 Å². The minimum absolute atomic E-state index is 0. The van der Waals surface area contributed by atoms with E-state index in [-0.39, 0.29) is 71.8 Å². The molecule has 0 bridgehead atoms. The van der Waals surface area contributed by atoms with Crippen molar-refractivity contribution in [1.82, 2.24) is 10.2 Å². The van der Waals surface area contributed by atoms with Crippen LogP contribution >= 0.6 is 45.2 Å². The molecule has 0 amide bonds. The summed E-state index contributed by atoms with van der Waals surface area (Å²) in [7, 11) is 7.17. The number of aliphatic carboxylic acids is 2. The van der Waals surface area contributed by atoms with Crippen LogP contribution in [0.5, 0.6) is 5.75 Å². The number of nitrogens with zero attached hydrogens (tertiary/aromatic N) is 1. The number of rotatable bonds is 13. The quantitative estimate of drug-likeness (QED) is 0.0502. The third-order valence-corrected chi connectivity index (χ3v) is 14.2. The van der Waals surface area contributed by atoms with E-state index in [0.717, 1.165) is 32.0 Å². The molecule has 0 aromatic heterocycles. The number of halogens is 1. The number of ether oxygens (including phenoxy) is 3. The molecule has 5 aromatic rings. The van der Waals surface area contributed by atoms with Crippen molar-refractivity contribution in [3.8, 4) is 5.75 Å². The first-order valence-electron chi connectivity index (χ1n) is 24.1. The number of aryl methyl sites for hydroxylation is 3. The number of anilines is 1. The molecule has 2 aliphatic heterocycles. The van der Waals surface area contributed by atoms with Crippen LogP contribution in [0.25, 0.3) is 0 Å². The molecule has 410 valence electrons. The normalized spacial score (nSPS) is 18.6. The molecular weight excluding hydrogens is 1210 g/mol. The summed E-state index contributed by atoms with van der Waals surface area (Å²) in [5.41, 5.74) is 12.1. The van der Waals surface area contributed by atoms with Gasteiger partial charge in [-0.1, -0.05) is 95.7 Å². The number of benzene rings is 5. The third-order valence-electron chi connectivity index (χ3n) is 13.3. The van der Waals surface area contributed by atoms with Gasteiger partial charge >= 0.3 is 51.3 Å². The number of fused-ring (bicyclic) bond motifs is 4. The molecule has 12 nitrogen and oxygen atoms in total. The molecule has 2 heterocycles. The van der Waals surface area contributed by atoms with Gasteiger partial charge in [-0.2, -0.15) is 56.8 Å². The molecule has 1 unspecified atom stereocenters. The topological polar surface area (TPSA) is 164 Å². The third kappa shape index (κ3) is 17.1. The molecule has 4 N–H and O–H groups in total. The number of nitrogens with one attached hydrogen (secondary N) is 2. The summed E-state index contributed by atoms with van der Waals surface area (Å²) < 4.78 is 16.3. The summed E-state index contributed by atoms with van der Waals surface area (Å²) in [4.78, 5) is 48.0. The number of carbonyl (C=O) groups is 4. The summed E-state index contributed by atoms with van der Waals surface area (Å²) >= 11 is 1.19. The van der Waals surface area contributed by atoms with Gasteiger partial charge in [0.15, 0.2) is 0 Å². The molecule has 0 saturated carbocycles. The molecule has 2 aliphatic carbocycles. The zero-order valence-corrected chi connectivity index (χ0v) is 49.2. The summed E-state index contributed by atoms with van der Waals surface area (Å²) in [6.45, 7) is 11.7. The van der Waals surface area contributed by atoms with Crippen molar-refractivity contribution in [3.05, 3.63) is 172 Å². The van der Waals surface area contributed by atoms with Crippen molar-refractivity contribution in [2.24, 2.45) is 5.92 Å². The van der Waals surface area contributed by atoms with Crippen LogP contribution in [-0.2, 0) is 84.5 Å². The predicted molar refractivity (Wildman–Crippen MR) is 310 cm³/mol. The van der Waals surface area contributed by atoms with Gasteiger partial charge in [0, 0.05) is 43.4 Å². The summed E-state index contributed by atoms with van der Waals surface area (Å²) in [5, 5.41) is 24.9. The van der Waals surface area contributed by atoms with Crippen LogP contribution in [0.2, 0.25) is 0 Å². The molecule has 1 spiro atoms. The molecule has 5 aromatic carbocycles. The van der Waals surface area contributed by atoms with E-state index in [4.69, 9.17) is 34.0 Å². The van der Waals surface area contributed by atoms with E-state index in [1.54, 1.807) is 40.9 Å². The Morgan fingerprint density at radius 2 is 1.52 bits per heavy atom. The summed E-state index contributed by atoms with van der Waals surface area (Å²) in [5.74, 6) is -2.47. The molecule has 5 atom stereocenters. The maximum absolute atomic E-state index is 12.8. The van der Waals surface area contributed by atoms with Crippen LogP contribution in [-0.4, -0.2) is 77.0 Å². The molecule has 4 aliphatic rings. The van der Waals surface area contributed by atoms with Gasteiger partial charge in [0.1, 0.15) is 30.0 Å². The van der Waals surface area contributed by atoms with Crippen LogP contribution in [0.3, 0.4) is 0 Å². The van der Waals surface area contributed by atoms with Crippen LogP contribution < -0.4 is 20.7 Å². The van der Waals surface area contributed by atoms with Crippen molar-refractivity contribution in [2.45, 2.75) is 116 Å². The number of carbonyl (C=O) groups excluding carboxylic acids is 2. The average molecular weight is 1280 g/mol. The maximum atomic E-state index is 12.8. The van der Waals surface area contributed by atoms with Gasteiger partial charge in [-0.25, -0.2) is 9.59 Å². The van der Waals surface area contributed by atoms with E-state index < -0.39 is 41.5 Å². The Hall–Kier alpha value is -4.85. The zero-order valence-electron chi connectivity index (χ0n) is 42.7. The monoisotopic (exact) mass is 1280 g/mol. The first kappa shape index (κ1) is 64.4. The van der Waals surface area contributed by atoms with Crippen molar-refractivity contribution >= 4 is 80.0 Å². The van der Waals surface area contributed by atoms with E-state index in [2.05, 4.69) is 84.9 Å². The van der Waals surface area contributed by atoms with Crippen molar-refractivity contribution in [1.29, 1.82) is 0 Å². The Kier molecular flexibility index (Phi) is 25.9. The SMILES string of the molecule is C.COc1ccc(CN2C=C(C(=O)OCc3ccccc3)C[C@H]2C(=O)OC(C)(C)C)cc1.CPc1cccc2c1[C@]1(CCc3cccc(NCc4[c-]cc(C)cc4)c31)CC2.O=C(O)[C@@H]1CN[C@H](C(=O)O)C1.S.S.[Cl][IrH2]. The number of hydrogen-bond donors (Lipinski definition) is 4. The molecule has 0 radical (unpaired) electrons. The Bertz CT molecular complexity index is 2670. The minimum atomic E-state index is -0.978. The van der Waals surface area contributed by atoms with Crippen LogP contribution in [0.1, 0.15) is 98.4 Å². The fourth-order valence-corrected chi connectivity index (χ4v) is 10.7. The predicted octanol–water partition coefficient (Wildman–Crippen LogP) is 9.90. The van der Waals surface area contributed by atoms with Crippen LogP contribution in [0.15, 0.2) is 121 Å². The van der Waals surface area contributed by atoms with Gasteiger partial charge in [-0.15, -0.1) is 5.56 Å². The Morgan fingerprint density at radius 1 is 0.867 bits per heavy atom. The van der Waals surface area contributed by atoms with Gasteiger partial charge in [0.25, 0.3) is 0 Å². The second kappa shape index (κ2) is 30.2. The number of esters is 2. The molecule has 9 rings (SSSR count). The molecule has 1 saturated heterocycles. The first-order valence-corrected chi connectivity index (χ1v) is 28.9. The van der Waals surface area contributed by atoms with Gasteiger partial charge in [-0.05, 0) is 116 Å². The van der Waals surface area contributed by atoms with E-state index in [0.29, 0.717) is 12.1 Å². The average Bonchev–Trinajstić information content (AvgIpc) is 4.21. The number of carboxylic acids is 2. The summed E-state index contributed by atoms with van der Waals surface area (Å²) in [6, 6.07) is 39.5. The van der Waals surface area contributed by atoms with Gasteiger partial charge in [0.2, 0.25) is 0 Å². The fraction of sp³-hybridized carbons (Fsp3) is 0.379. The molecule has 75 heavy (non-hydrogen) atoms. The number of hydrogen-bond acceptors (Lipinski definition) is 10. The number of carboxylic acid groups (broad SMARTS) is 2. The Morgan fingerprint density at radius 3 is 2.08 bits per heavy atom. The van der Waals surface area contributed by atoms with Gasteiger partial charge in [0.05, 0.1) is 18.6 Å². The molecule has 17 heteroatoms. The number of methoxy groups -OCH3 is 1. The van der Waals surface area contributed by atoms with Crippen LogP contribution in [0.4, 0.5) is 5.69 Å². The van der Waals surface area contributed by atoms with Crippen molar-refractivity contribution < 1.29 is 61.5 Å². The second-order valence-electron chi connectivity index (χ2n) is 19.3. The standard InChI is InChI=1S/C26H27NP.C25H29NO5.C6H9NO4.CH4.ClH.Ir.2H2S.2H/c1-18-9-11-19(12-10-18)17-27-22-7-3-5-20-13-15-26(24(20)22)16-14-21-6-4-8-23(28-2)25(21)26;1-25(2,3)31-24(28)22-14-20(23(27)30-17-19-8-6-5-7-9-19)16-26(22)15-18-10-12-21(29-4)13-11-18;8-5(9)3-1-4(6(10)11)7-2-3;;;;;;;/h3-11,27-28H,13-17H2,1-2H3;5-13,16,22H,14-15,17H2,1-4H3;3-4,7H,1-2H2,(H,8,9)(H,10,11);1H4;1H;;2*1H2;;/q-1;;;;;+1;;;;/p-1/t26-;22-;3-,4-;;;;;;;/m100......./s1. The summed E-state index contributed by atoms with van der Waals surface area (Å²) in [6.07, 6.45) is 7.07. The molecular formula is C58H75ClIrN3O9PS2-. The van der Waals surface area contributed by atoms with E-state index in [1.165, 1.54) is 60.4 Å². The zero-order chi connectivity index (χ0) is 52.0. The Balaban J connectivity index is 0.000000311. The first-order chi connectivity index (χ1) is 34.6. The second-order valence-corrected chi connectivity index (χ2v) is 20.4. The van der Waals surface area contributed by atoms with E-state index in [1.807, 2.05) is 80.3 Å².